The molecule has 1 heterocycles. The monoisotopic (exact) mass is 338 g/mol. The van der Waals surface area contributed by atoms with Gasteiger partial charge in [0, 0.05) is 30.9 Å². The zero-order valence-corrected chi connectivity index (χ0v) is 15.8. The Bertz CT molecular complexity index is 490. The molecule has 1 fully saturated rings. The summed E-state index contributed by atoms with van der Waals surface area (Å²) in [5.41, 5.74) is 2.37. The van der Waals surface area contributed by atoms with Crippen LogP contribution in [0.3, 0.4) is 0 Å². The minimum atomic E-state index is -0.459. The van der Waals surface area contributed by atoms with E-state index in [-0.39, 0.29) is 0 Å². The van der Waals surface area contributed by atoms with E-state index in [1.165, 1.54) is 11.1 Å². The second-order valence-corrected chi connectivity index (χ2v) is 7.89. The molecular weight excluding hydrogens is 308 g/mol. The molecule has 23 heavy (non-hydrogen) atoms. The van der Waals surface area contributed by atoms with Crippen molar-refractivity contribution in [2.45, 2.75) is 31.2 Å². The van der Waals surface area contributed by atoms with Gasteiger partial charge in [0.15, 0.2) is 0 Å². The molecule has 1 aromatic rings. The van der Waals surface area contributed by atoms with E-state index < -0.39 is 6.10 Å². The minimum absolute atomic E-state index is 0.343. The molecule has 3 atom stereocenters. The highest BCUT2D eigenvalue weighted by Crippen LogP contribution is 2.24. The zero-order chi connectivity index (χ0) is 17.0. The molecule has 1 aromatic carbocycles. The van der Waals surface area contributed by atoms with Crippen LogP contribution in [0.1, 0.15) is 11.1 Å². The van der Waals surface area contributed by atoms with Gasteiger partial charge in [-0.2, -0.15) is 11.8 Å². The summed E-state index contributed by atoms with van der Waals surface area (Å²) in [4.78, 5) is 4.64. The van der Waals surface area contributed by atoms with Crippen molar-refractivity contribution in [3.63, 3.8) is 0 Å². The summed E-state index contributed by atoms with van der Waals surface area (Å²) in [6.45, 7) is 7.18. The molecular formula is C18H30N2O2S. The molecule has 1 aliphatic rings. The predicted molar refractivity (Wildman–Crippen MR) is 98.6 cm³/mol. The first-order chi connectivity index (χ1) is 10.9. The molecule has 0 saturated carbocycles. The maximum absolute atomic E-state index is 10.3. The Labute approximate surface area is 144 Å². The van der Waals surface area contributed by atoms with E-state index in [1.807, 2.05) is 23.9 Å². The third kappa shape index (κ3) is 5.38. The summed E-state index contributed by atoms with van der Waals surface area (Å²) in [5.74, 6) is 0.844. The molecule has 3 unspecified atom stereocenters. The zero-order valence-electron chi connectivity index (χ0n) is 15.0. The van der Waals surface area contributed by atoms with Gasteiger partial charge >= 0.3 is 0 Å². The van der Waals surface area contributed by atoms with Gasteiger partial charge < -0.3 is 14.7 Å². The first kappa shape index (κ1) is 18.6. The number of likely N-dealkylation sites (tertiary alicyclic amines) is 1. The number of nitrogens with zero attached hydrogens (tertiary/aromatic N) is 2. The van der Waals surface area contributed by atoms with Gasteiger partial charge in [0.05, 0.1) is 0 Å². The fourth-order valence-electron chi connectivity index (χ4n) is 3.27. The number of benzene rings is 1. The van der Waals surface area contributed by atoms with Crippen LogP contribution in [0.4, 0.5) is 0 Å². The van der Waals surface area contributed by atoms with Crippen LogP contribution < -0.4 is 4.74 Å². The van der Waals surface area contributed by atoms with E-state index in [4.69, 9.17) is 4.74 Å². The normalized spacial score (nSPS) is 23.4. The summed E-state index contributed by atoms with van der Waals surface area (Å²) in [7, 11) is 4.27. The van der Waals surface area contributed by atoms with Gasteiger partial charge in [-0.25, -0.2) is 0 Å². The first-order valence-corrected chi connectivity index (χ1v) is 9.48. The van der Waals surface area contributed by atoms with Crippen molar-refractivity contribution in [1.82, 2.24) is 9.80 Å². The molecule has 4 nitrogen and oxygen atoms in total. The maximum atomic E-state index is 10.3. The molecule has 1 N–H and O–H groups in total. The highest BCUT2D eigenvalue weighted by atomic mass is 32.2. The van der Waals surface area contributed by atoms with E-state index in [9.17, 15) is 5.11 Å². The number of likely N-dealkylation sites (N-methyl/N-ethyl adjacent to an activating group) is 1. The Morgan fingerprint density at radius 3 is 2.43 bits per heavy atom. The fourth-order valence-corrected chi connectivity index (χ4v) is 4.27. The largest absolute Gasteiger partial charge is 0.491 e. The van der Waals surface area contributed by atoms with Crippen molar-refractivity contribution in [3.8, 4) is 5.75 Å². The lowest BCUT2D eigenvalue weighted by atomic mass is 10.1. The standard InChI is InChI=1S/C18H30N2O2S/c1-13-6-14(2)8-16(7-13)22-12-15(21)9-20-10-17(19(3)4)18(11-20)23-5/h6-8,15,17-18,21H,9-12H2,1-5H3. The van der Waals surface area contributed by atoms with Gasteiger partial charge in [0.25, 0.3) is 0 Å². The van der Waals surface area contributed by atoms with Crippen molar-refractivity contribution < 1.29 is 9.84 Å². The average Bonchev–Trinajstić information content (AvgIpc) is 2.87. The van der Waals surface area contributed by atoms with Crippen molar-refractivity contribution in [3.05, 3.63) is 29.3 Å². The van der Waals surface area contributed by atoms with Crippen LogP contribution in [0.25, 0.3) is 0 Å². The lowest BCUT2D eigenvalue weighted by Gasteiger charge is -2.24. The average molecular weight is 339 g/mol. The Morgan fingerprint density at radius 2 is 1.91 bits per heavy atom. The number of rotatable bonds is 7. The summed E-state index contributed by atoms with van der Waals surface area (Å²) in [6.07, 6.45) is 1.71. The number of ether oxygens (including phenoxy) is 1. The van der Waals surface area contributed by atoms with Crippen LogP contribution in [0.15, 0.2) is 18.2 Å². The number of hydrogen-bond donors (Lipinski definition) is 1. The quantitative estimate of drug-likeness (QED) is 0.823. The SMILES string of the molecule is CSC1CN(CC(O)COc2cc(C)cc(C)c2)CC1N(C)C. The topological polar surface area (TPSA) is 35.9 Å². The number of hydrogen-bond acceptors (Lipinski definition) is 5. The number of thioether (sulfide) groups is 1. The van der Waals surface area contributed by atoms with Gasteiger partial charge in [-0.15, -0.1) is 0 Å². The van der Waals surface area contributed by atoms with E-state index in [0.29, 0.717) is 24.4 Å². The molecule has 0 bridgehead atoms. The maximum Gasteiger partial charge on any atom is 0.119 e. The van der Waals surface area contributed by atoms with E-state index >= 15 is 0 Å². The molecule has 0 spiro atoms. The van der Waals surface area contributed by atoms with Crippen molar-refractivity contribution in [1.29, 1.82) is 0 Å². The smallest absolute Gasteiger partial charge is 0.119 e. The fraction of sp³-hybridized carbons (Fsp3) is 0.667. The van der Waals surface area contributed by atoms with Crippen LogP contribution in [-0.2, 0) is 0 Å². The van der Waals surface area contributed by atoms with Crippen LogP contribution in [-0.4, -0.2) is 78.9 Å². The molecule has 0 aliphatic carbocycles. The van der Waals surface area contributed by atoms with Gasteiger partial charge in [0.2, 0.25) is 0 Å². The van der Waals surface area contributed by atoms with Crippen LogP contribution in [0.5, 0.6) is 5.75 Å². The molecule has 2 rings (SSSR count). The molecule has 130 valence electrons. The molecule has 0 amide bonds. The Balaban J connectivity index is 1.82. The number of aliphatic hydroxyl groups excluding tert-OH is 1. The Morgan fingerprint density at radius 1 is 1.26 bits per heavy atom. The molecule has 5 heteroatoms. The number of aliphatic hydroxyl groups is 1. The van der Waals surface area contributed by atoms with Gasteiger partial charge in [-0.3, -0.25) is 4.90 Å². The van der Waals surface area contributed by atoms with Crippen molar-refractivity contribution in [2.24, 2.45) is 0 Å². The first-order valence-electron chi connectivity index (χ1n) is 8.19. The van der Waals surface area contributed by atoms with Gasteiger partial charge in [-0.05, 0) is 57.5 Å². The molecule has 1 aliphatic heterocycles. The van der Waals surface area contributed by atoms with Crippen molar-refractivity contribution >= 4 is 11.8 Å². The minimum Gasteiger partial charge on any atom is -0.491 e. The van der Waals surface area contributed by atoms with Crippen molar-refractivity contribution in [2.75, 3.05) is 46.6 Å². The molecule has 1 saturated heterocycles. The van der Waals surface area contributed by atoms with Gasteiger partial charge in [0.1, 0.15) is 18.5 Å². The Kier molecular flexibility index (Phi) is 6.77. The number of β-amino-alcohol motifs (C(OH)–C–C–N with tert-alkyl or cyclic N) is 1. The highest BCUT2D eigenvalue weighted by molar-refractivity contribution is 7.99. The molecule has 0 radical (unpaired) electrons. The second kappa shape index (κ2) is 8.38. The van der Waals surface area contributed by atoms with Crippen LogP contribution >= 0.6 is 11.8 Å². The lowest BCUT2D eigenvalue weighted by molar-refractivity contribution is 0.0738. The molecule has 0 aromatic heterocycles. The lowest BCUT2D eigenvalue weighted by Crippen LogP contribution is -2.38. The number of aryl methyl sites for hydroxylation is 2. The van der Waals surface area contributed by atoms with E-state index in [2.05, 4.69) is 50.1 Å². The summed E-state index contributed by atoms with van der Waals surface area (Å²) < 4.78 is 5.77. The third-order valence-corrected chi connectivity index (χ3v) is 5.45. The second-order valence-electron chi connectivity index (χ2n) is 6.81. The summed E-state index contributed by atoms with van der Waals surface area (Å²) >= 11 is 1.92. The van der Waals surface area contributed by atoms with E-state index in [1.54, 1.807) is 0 Å². The van der Waals surface area contributed by atoms with Crippen LogP contribution in [0.2, 0.25) is 0 Å². The Hall–Kier alpha value is -0.750. The predicted octanol–water partition coefficient (Wildman–Crippen LogP) is 2.02. The third-order valence-electron chi connectivity index (χ3n) is 4.39. The highest BCUT2D eigenvalue weighted by Gasteiger charge is 2.34. The summed E-state index contributed by atoms with van der Waals surface area (Å²) in [5, 5.41) is 10.9. The van der Waals surface area contributed by atoms with Crippen LogP contribution in [0, 0.1) is 13.8 Å². The van der Waals surface area contributed by atoms with Gasteiger partial charge in [-0.1, -0.05) is 6.07 Å². The van der Waals surface area contributed by atoms with E-state index in [0.717, 1.165) is 18.8 Å². The summed E-state index contributed by atoms with van der Waals surface area (Å²) in [6, 6.07) is 6.71.